The number of hydrogen-bond donors (Lipinski definition) is 1. The highest BCUT2D eigenvalue weighted by atomic mass is 32.1. The van der Waals surface area contributed by atoms with Crippen LogP contribution in [-0.2, 0) is 6.54 Å². The lowest BCUT2D eigenvalue weighted by atomic mass is 10.2. The molecule has 22 heavy (non-hydrogen) atoms. The van der Waals surface area contributed by atoms with E-state index in [4.69, 9.17) is 0 Å². The molecular weight excluding hydrogens is 294 g/mol. The molecule has 0 fully saturated rings. The predicted octanol–water partition coefficient (Wildman–Crippen LogP) is 4.20. The third kappa shape index (κ3) is 2.97. The van der Waals surface area contributed by atoms with Crippen molar-refractivity contribution in [2.75, 3.05) is 5.32 Å². The third-order valence-corrected chi connectivity index (χ3v) is 4.80. The number of anilines is 1. The Morgan fingerprint density at radius 1 is 1.23 bits per heavy atom. The van der Waals surface area contributed by atoms with Crippen LogP contribution in [-0.4, -0.2) is 19.7 Å². The predicted molar refractivity (Wildman–Crippen MR) is 91.4 cm³/mol. The van der Waals surface area contributed by atoms with E-state index in [0.717, 1.165) is 17.0 Å². The zero-order chi connectivity index (χ0) is 15.7. The molecule has 0 spiro atoms. The van der Waals surface area contributed by atoms with Crippen LogP contribution in [0.1, 0.15) is 50.5 Å². The summed E-state index contributed by atoms with van der Waals surface area (Å²) in [6, 6.07) is 6.63. The summed E-state index contributed by atoms with van der Waals surface area (Å²) in [6.07, 6.45) is 1.61. The van der Waals surface area contributed by atoms with E-state index < -0.39 is 0 Å². The van der Waals surface area contributed by atoms with Crippen LogP contribution in [0.3, 0.4) is 0 Å². The first-order valence-corrected chi connectivity index (χ1v) is 8.39. The standard InChI is InChI=1S/C16H21N5S/c1-10(2)16-20-13-6-5-12(7-14(13)22-16)17-8-15-18-9-19-21(15)11(3)4/h5-7,9-11,17H,8H2,1-4H3. The van der Waals surface area contributed by atoms with E-state index in [1.807, 2.05) is 4.68 Å². The number of fused-ring (bicyclic) bond motifs is 1. The number of hydrogen-bond acceptors (Lipinski definition) is 5. The molecule has 2 aromatic heterocycles. The molecule has 5 nitrogen and oxygen atoms in total. The highest BCUT2D eigenvalue weighted by molar-refractivity contribution is 7.18. The summed E-state index contributed by atoms with van der Waals surface area (Å²) in [5.41, 5.74) is 2.16. The second-order valence-electron chi connectivity index (χ2n) is 5.96. The second kappa shape index (κ2) is 6.04. The quantitative estimate of drug-likeness (QED) is 0.766. The number of rotatable bonds is 5. The molecule has 0 saturated heterocycles. The molecular formula is C16H21N5S. The van der Waals surface area contributed by atoms with E-state index in [-0.39, 0.29) is 0 Å². The Hall–Kier alpha value is -1.95. The molecule has 0 aliphatic rings. The summed E-state index contributed by atoms with van der Waals surface area (Å²) in [5.74, 6) is 1.42. The van der Waals surface area contributed by atoms with Gasteiger partial charge in [0.1, 0.15) is 12.2 Å². The second-order valence-corrected chi connectivity index (χ2v) is 7.02. The Bertz CT molecular complexity index is 772. The zero-order valence-corrected chi connectivity index (χ0v) is 14.2. The van der Waals surface area contributed by atoms with Crippen molar-refractivity contribution in [3.8, 4) is 0 Å². The average molecular weight is 315 g/mol. The fraction of sp³-hybridized carbons (Fsp3) is 0.438. The van der Waals surface area contributed by atoms with Crippen LogP contribution in [0.2, 0.25) is 0 Å². The molecule has 6 heteroatoms. The van der Waals surface area contributed by atoms with Crippen LogP contribution < -0.4 is 5.32 Å². The van der Waals surface area contributed by atoms with E-state index in [2.05, 4.69) is 66.3 Å². The molecule has 2 heterocycles. The first-order chi connectivity index (χ1) is 10.5. The molecule has 3 rings (SSSR count). The lowest BCUT2D eigenvalue weighted by Crippen LogP contribution is -2.11. The zero-order valence-electron chi connectivity index (χ0n) is 13.4. The monoisotopic (exact) mass is 315 g/mol. The molecule has 1 aromatic carbocycles. The van der Waals surface area contributed by atoms with Crippen molar-refractivity contribution in [3.63, 3.8) is 0 Å². The van der Waals surface area contributed by atoms with Crippen molar-refractivity contribution >= 4 is 27.2 Å². The smallest absolute Gasteiger partial charge is 0.146 e. The molecule has 0 unspecified atom stereocenters. The topological polar surface area (TPSA) is 55.6 Å². The molecule has 116 valence electrons. The normalized spacial score (nSPS) is 11.7. The van der Waals surface area contributed by atoms with E-state index in [9.17, 15) is 0 Å². The van der Waals surface area contributed by atoms with Crippen molar-refractivity contribution in [2.24, 2.45) is 0 Å². The van der Waals surface area contributed by atoms with E-state index in [1.54, 1.807) is 17.7 Å². The van der Waals surface area contributed by atoms with Gasteiger partial charge in [-0.3, -0.25) is 0 Å². The Morgan fingerprint density at radius 2 is 2.05 bits per heavy atom. The van der Waals surface area contributed by atoms with Crippen LogP contribution in [0.25, 0.3) is 10.2 Å². The molecule has 0 atom stereocenters. The van der Waals surface area contributed by atoms with Gasteiger partial charge in [-0.25, -0.2) is 14.6 Å². The number of benzene rings is 1. The number of nitrogens with one attached hydrogen (secondary N) is 1. The first-order valence-electron chi connectivity index (χ1n) is 7.57. The van der Waals surface area contributed by atoms with Crippen LogP contribution in [0.5, 0.6) is 0 Å². The van der Waals surface area contributed by atoms with Gasteiger partial charge in [0.05, 0.1) is 21.8 Å². The van der Waals surface area contributed by atoms with Gasteiger partial charge in [-0.1, -0.05) is 13.8 Å². The molecule has 0 bridgehead atoms. The third-order valence-electron chi connectivity index (χ3n) is 3.49. The van der Waals surface area contributed by atoms with Gasteiger partial charge < -0.3 is 5.32 Å². The number of nitrogens with zero attached hydrogens (tertiary/aromatic N) is 4. The van der Waals surface area contributed by atoms with Crippen LogP contribution in [0, 0.1) is 0 Å². The summed E-state index contributed by atoms with van der Waals surface area (Å²) in [5, 5.41) is 8.87. The SMILES string of the molecule is CC(C)c1nc2ccc(NCc3ncnn3C(C)C)cc2s1. The van der Waals surface area contributed by atoms with Crippen LogP contribution >= 0.6 is 11.3 Å². The van der Waals surface area contributed by atoms with Gasteiger partial charge in [-0.2, -0.15) is 5.10 Å². The lowest BCUT2D eigenvalue weighted by Gasteiger charge is -2.10. The van der Waals surface area contributed by atoms with Gasteiger partial charge in [0.25, 0.3) is 0 Å². The largest absolute Gasteiger partial charge is 0.378 e. The molecule has 0 aliphatic carbocycles. The summed E-state index contributed by atoms with van der Waals surface area (Å²) >= 11 is 1.77. The maximum atomic E-state index is 4.66. The summed E-state index contributed by atoms with van der Waals surface area (Å²) < 4.78 is 3.16. The Labute approximate surface area is 134 Å². The fourth-order valence-corrected chi connectivity index (χ4v) is 3.32. The molecule has 0 aliphatic heterocycles. The summed E-state index contributed by atoms with van der Waals surface area (Å²) in [6.45, 7) is 9.23. The molecule has 3 aromatic rings. The van der Waals surface area contributed by atoms with Gasteiger partial charge in [-0.05, 0) is 32.0 Å². The highest BCUT2D eigenvalue weighted by Crippen LogP contribution is 2.29. The minimum atomic E-state index is 0.317. The van der Waals surface area contributed by atoms with Crippen molar-refractivity contribution < 1.29 is 0 Å². The minimum Gasteiger partial charge on any atom is -0.378 e. The van der Waals surface area contributed by atoms with Crippen LogP contribution in [0.15, 0.2) is 24.5 Å². The average Bonchev–Trinajstić information content (AvgIpc) is 3.11. The Balaban J connectivity index is 1.77. The Kier molecular flexibility index (Phi) is 4.11. The molecule has 0 saturated carbocycles. The lowest BCUT2D eigenvalue weighted by molar-refractivity contribution is 0.509. The molecule has 0 amide bonds. The van der Waals surface area contributed by atoms with Crippen LogP contribution in [0.4, 0.5) is 5.69 Å². The first kappa shape index (κ1) is 15.0. The van der Waals surface area contributed by atoms with Crippen molar-refractivity contribution in [2.45, 2.75) is 46.2 Å². The van der Waals surface area contributed by atoms with E-state index in [0.29, 0.717) is 18.5 Å². The summed E-state index contributed by atoms with van der Waals surface area (Å²) in [7, 11) is 0. The van der Waals surface area contributed by atoms with Gasteiger partial charge >= 0.3 is 0 Å². The van der Waals surface area contributed by atoms with Crippen molar-refractivity contribution in [3.05, 3.63) is 35.4 Å². The maximum absolute atomic E-state index is 4.66. The molecule has 0 radical (unpaired) electrons. The maximum Gasteiger partial charge on any atom is 0.146 e. The minimum absolute atomic E-state index is 0.317. The van der Waals surface area contributed by atoms with Gasteiger partial charge in [0, 0.05) is 17.6 Å². The summed E-state index contributed by atoms with van der Waals surface area (Å²) in [4.78, 5) is 8.99. The van der Waals surface area contributed by atoms with E-state index in [1.165, 1.54) is 9.71 Å². The Morgan fingerprint density at radius 3 is 2.77 bits per heavy atom. The fourth-order valence-electron chi connectivity index (χ4n) is 2.31. The number of thiazole rings is 1. The van der Waals surface area contributed by atoms with Crippen molar-refractivity contribution in [1.29, 1.82) is 0 Å². The van der Waals surface area contributed by atoms with E-state index >= 15 is 0 Å². The van der Waals surface area contributed by atoms with Gasteiger partial charge in [-0.15, -0.1) is 11.3 Å². The highest BCUT2D eigenvalue weighted by Gasteiger charge is 2.09. The molecule has 1 N–H and O–H groups in total. The van der Waals surface area contributed by atoms with Gasteiger partial charge in [0.15, 0.2) is 0 Å². The van der Waals surface area contributed by atoms with Gasteiger partial charge in [0.2, 0.25) is 0 Å². The van der Waals surface area contributed by atoms with Crippen molar-refractivity contribution in [1.82, 2.24) is 19.7 Å². The number of aromatic nitrogens is 4.